The Bertz CT molecular complexity index is 554. The van der Waals surface area contributed by atoms with E-state index in [4.69, 9.17) is 0 Å². The van der Waals surface area contributed by atoms with Gasteiger partial charge >= 0.3 is 6.03 Å². The maximum absolute atomic E-state index is 11.9. The van der Waals surface area contributed by atoms with Crippen LogP contribution in [-0.2, 0) is 9.84 Å². The van der Waals surface area contributed by atoms with Crippen LogP contribution in [0.1, 0.15) is 11.4 Å². The highest BCUT2D eigenvalue weighted by Crippen LogP contribution is 2.19. The second kappa shape index (κ2) is 4.81. The van der Waals surface area contributed by atoms with Crippen LogP contribution in [0.25, 0.3) is 0 Å². The highest BCUT2D eigenvalue weighted by molar-refractivity contribution is 7.91. The molecule has 1 fully saturated rings. The molecule has 0 aliphatic carbocycles. The van der Waals surface area contributed by atoms with Gasteiger partial charge in [0.25, 0.3) is 0 Å². The fraction of sp³-hybridized carbons (Fsp3) is 0.667. The molecule has 1 saturated heterocycles. The predicted octanol–water partition coefficient (Wildman–Crippen LogP) is 0.497. The maximum atomic E-state index is 11.9. The van der Waals surface area contributed by atoms with Crippen molar-refractivity contribution in [2.24, 2.45) is 0 Å². The van der Waals surface area contributed by atoms with E-state index in [1.54, 1.807) is 14.0 Å². The van der Waals surface area contributed by atoms with Gasteiger partial charge in [0.05, 0.1) is 11.5 Å². The Morgan fingerprint density at radius 3 is 2.72 bits per heavy atom. The Hall–Kier alpha value is -1.22. The number of rotatable bonds is 2. The van der Waals surface area contributed by atoms with Crippen LogP contribution in [0.4, 0.5) is 9.93 Å². The Morgan fingerprint density at radius 2 is 2.22 bits per heavy atom. The molecule has 100 valence electrons. The van der Waals surface area contributed by atoms with E-state index in [1.165, 1.54) is 16.2 Å². The molecule has 1 N–H and O–H groups in total. The predicted molar refractivity (Wildman–Crippen MR) is 68.5 cm³/mol. The van der Waals surface area contributed by atoms with E-state index in [0.29, 0.717) is 11.6 Å². The summed E-state index contributed by atoms with van der Waals surface area (Å²) in [5.41, 5.74) is 0. The van der Waals surface area contributed by atoms with Crippen LogP contribution < -0.4 is 5.32 Å². The number of hydrogen-bond donors (Lipinski definition) is 1. The third-order valence-electron chi connectivity index (χ3n) is 2.82. The van der Waals surface area contributed by atoms with Crippen molar-refractivity contribution in [1.82, 2.24) is 15.1 Å². The van der Waals surface area contributed by atoms with Gasteiger partial charge < -0.3 is 4.90 Å². The Labute approximate surface area is 109 Å². The third-order valence-corrected chi connectivity index (χ3v) is 5.32. The fourth-order valence-electron chi connectivity index (χ4n) is 1.77. The molecule has 1 atom stereocenters. The average Bonchev–Trinajstić information content (AvgIpc) is 2.83. The topological polar surface area (TPSA) is 92.3 Å². The number of hydrogen-bond acceptors (Lipinski definition) is 6. The van der Waals surface area contributed by atoms with E-state index >= 15 is 0 Å². The molecule has 0 bridgehead atoms. The SMILES string of the molecule is Cc1nnc(NC(=O)N(C)C2CCS(=O)(=O)C2)s1. The zero-order chi connectivity index (χ0) is 13.3. The molecule has 1 aliphatic rings. The number of aromatic nitrogens is 2. The minimum absolute atomic E-state index is 0.0338. The Morgan fingerprint density at radius 1 is 1.50 bits per heavy atom. The molecule has 18 heavy (non-hydrogen) atoms. The van der Waals surface area contributed by atoms with Crippen molar-refractivity contribution in [3.05, 3.63) is 5.01 Å². The summed E-state index contributed by atoms with van der Waals surface area (Å²) in [6.45, 7) is 1.79. The molecule has 2 amide bonds. The first kappa shape index (κ1) is 13.2. The molecule has 0 spiro atoms. The average molecular weight is 290 g/mol. The van der Waals surface area contributed by atoms with Crippen molar-refractivity contribution < 1.29 is 13.2 Å². The van der Waals surface area contributed by atoms with E-state index in [-0.39, 0.29) is 23.6 Å². The normalized spacial score (nSPS) is 21.8. The van der Waals surface area contributed by atoms with Crippen molar-refractivity contribution in [3.8, 4) is 0 Å². The summed E-state index contributed by atoms with van der Waals surface area (Å²) in [6, 6.07) is -0.614. The van der Waals surface area contributed by atoms with E-state index in [2.05, 4.69) is 15.5 Å². The largest absolute Gasteiger partial charge is 0.323 e. The van der Waals surface area contributed by atoms with Crippen LogP contribution in [0.15, 0.2) is 0 Å². The summed E-state index contributed by atoms with van der Waals surface area (Å²) in [5, 5.41) is 11.4. The fourth-order valence-corrected chi connectivity index (χ4v) is 4.13. The minimum Gasteiger partial charge on any atom is -0.323 e. The molecule has 1 aromatic rings. The van der Waals surface area contributed by atoms with Gasteiger partial charge in [0.15, 0.2) is 9.84 Å². The van der Waals surface area contributed by atoms with Crippen LogP contribution >= 0.6 is 11.3 Å². The molecule has 1 unspecified atom stereocenters. The van der Waals surface area contributed by atoms with Gasteiger partial charge in [-0.15, -0.1) is 10.2 Å². The highest BCUT2D eigenvalue weighted by Gasteiger charge is 2.32. The number of nitrogens with zero attached hydrogens (tertiary/aromatic N) is 3. The van der Waals surface area contributed by atoms with Gasteiger partial charge in [-0.3, -0.25) is 5.32 Å². The highest BCUT2D eigenvalue weighted by atomic mass is 32.2. The molecule has 0 saturated carbocycles. The van der Waals surface area contributed by atoms with Gasteiger partial charge in [-0.1, -0.05) is 11.3 Å². The lowest BCUT2D eigenvalue weighted by atomic mass is 10.2. The van der Waals surface area contributed by atoms with Crippen molar-refractivity contribution in [2.75, 3.05) is 23.9 Å². The van der Waals surface area contributed by atoms with Crippen LogP contribution in [-0.4, -0.2) is 54.1 Å². The number of carbonyl (C=O) groups is 1. The lowest BCUT2D eigenvalue weighted by Crippen LogP contribution is -2.40. The van der Waals surface area contributed by atoms with Gasteiger partial charge in [-0.25, -0.2) is 13.2 Å². The van der Waals surface area contributed by atoms with Crippen LogP contribution in [0.3, 0.4) is 0 Å². The van der Waals surface area contributed by atoms with Crippen LogP contribution in [0.2, 0.25) is 0 Å². The maximum Gasteiger partial charge on any atom is 0.323 e. The van der Waals surface area contributed by atoms with E-state index in [0.717, 1.165) is 5.01 Å². The van der Waals surface area contributed by atoms with Gasteiger partial charge in [-0.05, 0) is 13.3 Å². The third kappa shape index (κ3) is 2.96. The van der Waals surface area contributed by atoms with Crippen LogP contribution in [0.5, 0.6) is 0 Å². The molecule has 7 nitrogen and oxygen atoms in total. The summed E-state index contributed by atoms with van der Waals surface area (Å²) >= 11 is 1.28. The number of amides is 2. The molecule has 2 rings (SSSR count). The van der Waals surface area contributed by atoms with Gasteiger partial charge in [-0.2, -0.15) is 0 Å². The van der Waals surface area contributed by atoms with Crippen molar-refractivity contribution >= 4 is 32.3 Å². The smallest absolute Gasteiger partial charge is 0.323 e. The molecule has 2 heterocycles. The first-order chi connectivity index (χ1) is 8.37. The van der Waals surface area contributed by atoms with E-state index in [1.807, 2.05) is 0 Å². The first-order valence-corrected chi connectivity index (χ1v) is 8.05. The van der Waals surface area contributed by atoms with Gasteiger partial charge in [0.1, 0.15) is 5.01 Å². The summed E-state index contributed by atoms with van der Waals surface area (Å²) in [6.07, 6.45) is 0.488. The quantitative estimate of drug-likeness (QED) is 0.856. The van der Waals surface area contributed by atoms with Crippen molar-refractivity contribution in [1.29, 1.82) is 0 Å². The first-order valence-electron chi connectivity index (χ1n) is 5.42. The Kier molecular flexibility index (Phi) is 3.53. The number of sulfone groups is 1. The zero-order valence-corrected chi connectivity index (χ0v) is 11.7. The standard InChI is InChI=1S/C9H14N4O3S2/c1-6-11-12-8(17-6)10-9(14)13(2)7-3-4-18(15,16)5-7/h7H,3-5H2,1-2H3,(H,10,12,14). The number of anilines is 1. The molecular formula is C9H14N4O3S2. The summed E-state index contributed by atoms with van der Waals surface area (Å²) < 4.78 is 22.7. The summed E-state index contributed by atoms with van der Waals surface area (Å²) in [4.78, 5) is 13.3. The minimum atomic E-state index is -2.99. The zero-order valence-electron chi connectivity index (χ0n) is 10.1. The lowest BCUT2D eigenvalue weighted by Gasteiger charge is -2.22. The van der Waals surface area contributed by atoms with E-state index in [9.17, 15) is 13.2 Å². The molecule has 0 aromatic carbocycles. The Balaban J connectivity index is 1.97. The summed E-state index contributed by atoms with van der Waals surface area (Å²) in [5.74, 6) is 0.180. The second-order valence-electron chi connectivity index (χ2n) is 4.22. The second-order valence-corrected chi connectivity index (χ2v) is 7.63. The van der Waals surface area contributed by atoms with Gasteiger partial charge in [0, 0.05) is 13.1 Å². The van der Waals surface area contributed by atoms with Crippen LogP contribution in [0, 0.1) is 6.92 Å². The van der Waals surface area contributed by atoms with E-state index < -0.39 is 9.84 Å². The molecule has 1 aromatic heterocycles. The molecule has 0 radical (unpaired) electrons. The number of nitrogens with one attached hydrogen (secondary N) is 1. The summed E-state index contributed by atoms with van der Waals surface area (Å²) in [7, 11) is -1.40. The number of aryl methyl sites for hydroxylation is 1. The van der Waals surface area contributed by atoms with Crippen molar-refractivity contribution in [2.45, 2.75) is 19.4 Å². The molecular weight excluding hydrogens is 276 g/mol. The number of carbonyl (C=O) groups excluding carboxylic acids is 1. The number of urea groups is 1. The van der Waals surface area contributed by atoms with Gasteiger partial charge in [0.2, 0.25) is 5.13 Å². The molecule has 9 heteroatoms. The van der Waals surface area contributed by atoms with Crippen molar-refractivity contribution in [3.63, 3.8) is 0 Å². The monoisotopic (exact) mass is 290 g/mol. The lowest BCUT2D eigenvalue weighted by molar-refractivity contribution is 0.209. The molecule has 1 aliphatic heterocycles.